The number of aryl methyl sites for hydroxylation is 1. The molecule has 5 heteroatoms. The Bertz CT molecular complexity index is 565. The summed E-state index contributed by atoms with van der Waals surface area (Å²) in [6.07, 6.45) is 4.10. The standard InChI is InChI=1S/C14H17N5/c1-10-4-2-3-5-11(10)8-15-14-18-13(9-16-19-14)17-12-6-7-12/h2-5,9,12H,6-8H2,1H3,(H2,15,17,18,19). The molecule has 5 nitrogen and oxygen atoms in total. The van der Waals surface area contributed by atoms with Crippen LogP contribution in [0.4, 0.5) is 11.8 Å². The van der Waals surface area contributed by atoms with E-state index in [9.17, 15) is 0 Å². The van der Waals surface area contributed by atoms with Gasteiger partial charge < -0.3 is 10.6 Å². The zero-order valence-corrected chi connectivity index (χ0v) is 10.9. The minimum absolute atomic E-state index is 0.564. The Morgan fingerprint density at radius 2 is 2.11 bits per heavy atom. The molecule has 1 fully saturated rings. The molecular formula is C14H17N5. The Labute approximate surface area is 112 Å². The van der Waals surface area contributed by atoms with Crippen molar-refractivity contribution in [3.63, 3.8) is 0 Å². The molecule has 1 aromatic heterocycles. The second-order valence-corrected chi connectivity index (χ2v) is 4.86. The number of rotatable bonds is 5. The molecule has 0 saturated heterocycles. The Kier molecular flexibility index (Phi) is 3.27. The summed E-state index contributed by atoms with van der Waals surface area (Å²) in [5.74, 6) is 1.36. The van der Waals surface area contributed by atoms with Crippen molar-refractivity contribution in [2.75, 3.05) is 10.6 Å². The summed E-state index contributed by atoms with van der Waals surface area (Å²) in [6, 6.07) is 8.84. The van der Waals surface area contributed by atoms with Crippen LogP contribution in [0.15, 0.2) is 30.5 Å². The number of nitrogens with zero attached hydrogens (tertiary/aromatic N) is 3. The van der Waals surface area contributed by atoms with Gasteiger partial charge in [-0.25, -0.2) is 0 Å². The maximum absolute atomic E-state index is 4.40. The van der Waals surface area contributed by atoms with E-state index >= 15 is 0 Å². The summed E-state index contributed by atoms with van der Waals surface area (Å²) in [7, 11) is 0. The summed E-state index contributed by atoms with van der Waals surface area (Å²) in [5, 5.41) is 14.5. The first-order chi connectivity index (χ1) is 9.31. The normalized spacial score (nSPS) is 14.2. The number of anilines is 2. The fraction of sp³-hybridized carbons (Fsp3) is 0.357. The van der Waals surface area contributed by atoms with Crippen molar-refractivity contribution in [3.05, 3.63) is 41.6 Å². The van der Waals surface area contributed by atoms with Crippen molar-refractivity contribution in [1.82, 2.24) is 15.2 Å². The molecule has 0 aliphatic heterocycles. The van der Waals surface area contributed by atoms with Crippen LogP contribution in [0.1, 0.15) is 24.0 Å². The molecule has 2 N–H and O–H groups in total. The van der Waals surface area contributed by atoms with E-state index in [1.54, 1.807) is 6.20 Å². The van der Waals surface area contributed by atoms with Crippen LogP contribution in [0.2, 0.25) is 0 Å². The molecule has 0 spiro atoms. The predicted molar refractivity (Wildman–Crippen MR) is 75.0 cm³/mol. The molecule has 0 atom stereocenters. The van der Waals surface area contributed by atoms with Gasteiger partial charge in [-0.1, -0.05) is 24.3 Å². The van der Waals surface area contributed by atoms with Crippen molar-refractivity contribution >= 4 is 11.8 Å². The summed E-state index contributed by atoms with van der Waals surface area (Å²) in [5.41, 5.74) is 2.50. The van der Waals surface area contributed by atoms with Gasteiger partial charge in [0.05, 0.1) is 6.20 Å². The second kappa shape index (κ2) is 5.22. The quantitative estimate of drug-likeness (QED) is 0.858. The molecule has 1 heterocycles. The van der Waals surface area contributed by atoms with Crippen LogP contribution in [-0.2, 0) is 6.54 Å². The fourth-order valence-electron chi connectivity index (χ4n) is 1.87. The lowest BCUT2D eigenvalue weighted by Gasteiger charge is -2.08. The van der Waals surface area contributed by atoms with Gasteiger partial charge in [-0.3, -0.25) is 0 Å². The molecule has 1 aliphatic rings. The topological polar surface area (TPSA) is 62.7 Å². The van der Waals surface area contributed by atoms with E-state index in [4.69, 9.17) is 0 Å². The summed E-state index contributed by atoms with van der Waals surface area (Å²) in [6.45, 7) is 2.81. The second-order valence-electron chi connectivity index (χ2n) is 4.86. The van der Waals surface area contributed by atoms with Gasteiger partial charge in [0, 0.05) is 12.6 Å². The average molecular weight is 255 g/mol. The van der Waals surface area contributed by atoms with Crippen LogP contribution < -0.4 is 10.6 Å². The van der Waals surface area contributed by atoms with Crippen LogP contribution in [0.5, 0.6) is 0 Å². The monoisotopic (exact) mass is 255 g/mol. The number of aromatic nitrogens is 3. The first-order valence-electron chi connectivity index (χ1n) is 6.56. The number of nitrogens with one attached hydrogen (secondary N) is 2. The molecule has 0 amide bonds. The fourth-order valence-corrected chi connectivity index (χ4v) is 1.87. The first kappa shape index (κ1) is 11.9. The van der Waals surface area contributed by atoms with E-state index in [1.165, 1.54) is 24.0 Å². The van der Waals surface area contributed by atoms with Crippen molar-refractivity contribution in [1.29, 1.82) is 0 Å². The molecule has 1 aromatic carbocycles. The lowest BCUT2D eigenvalue weighted by molar-refractivity contribution is 0.935. The Morgan fingerprint density at radius 1 is 1.26 bits per heavy atom. The average Bonchev–Trinajstić information content (AvgIpc) is 3.22. The van der Waals surface area contributed by atoms with Gasteiger partial charge in [0.25, 0.3) is 0 Å². The summed E-state index contributed by atoms with van der Waals surface area (Å²) >= 11 is 0. The number of hydrogen-bond donors (Lipinski definition) is 2. The molecule has 1 aliphatic carbocycles. The van der Waals surface area contributed by atoms with Gasteiger partial charge in [0.15, 0.2) is 5.82 Å². The molecule has 0 unspecified atom stereocenters. The molecular weight excluding hydrogens is 238 g/mol. The first-order valence-corrected chi connectivity index (χ1v) is 6.56. The molecule has 0 radical (unpaired) electrons. The predicted octanol–water partition coefficient (Wildman–Crippen LogP) is 2.37. The minimum atomic E-state index is 0.564. The van der Waals surface area contributed by atoms with Gasteiger partial charge in [-0.15, -0.1) is 5.10 Å². The SMILES string of the molecule is Cc1ccccc1CNc1nncc(NC2CC2)n1. The lowest BCUT2D eigenvalue weighted by atomic mass is 10.1. The smallest absolute Gasteiger partial charge is 0.244 e. The highest BCUT2D eigenvalue weighted by atomic mass is 15.3. The van der Waals surface area contributed by atoms with Crippen LogP contribution in [0, 0.1) is 6.92 Å². The van der Waals surface area contributed by atoms with Crippen molar-refractivity contribution < 1.29 is 0 Å². The van der Waals surface area contributed by atoms with Gasteiger partial charge in [0.2, 0.25) is 5.95 Å². The zero-order valence-electron chi connectivity index (χ0n) is 10.9. The van der Waals surface area contributed by atoms with Gasteiger partial charge in [0.1, 0.15) is 0 Å². The zero-order chi connectivity index (χ0) is 13.1. The van der Waals surface area contributed by atoms with Crippen LogP contribution in [0.3, 0.4) is 0 Å². The molecule has 98 valence electrons. The third-order valence-electron chi connectivity index (χ3n) is 3.19. The third kappa shape index (κ3) is 3.19. The molecule has 3 rings (SSSR count). The van der Waals surface area contributed by atoms with Crippen LogP contribution in [0.25, 0.3) is 0 Å². The number of hydrogen-bond acceptors (Lipinski definition) is 5. The number of benzene rings is 1. The lowest BCUT2D eigenvalue weighted by Crippen LogP contribution is -2.09. The highest BCUT2D eigenvalue weighted by molar-refractivity contribution is 5.39. The Morgan fingerprint density at radius 3 is 2.89 bits per heavy atom. The van der Waals surface area contributed by atoms with E-state index in [-0.39, 0.29) is 0 Å². The Hall–Kier alpha value is -2.17. The highest BCUT2D eigenvalue weighted by Crippen LogP contribution is 2.23. The minimum Gasteiger partial charge on any atom is -0.366 e. The van der Waals surface area contributed by atoms with Gasteiger partial charge in [-0.05, 0) is 30.9 Å². The maximum atomic E-state index is 4.40. The van der Waals surface area contributed by atoms with Crippen molar-refractivity contribution in [3.8, 4) is 0 Å². The molecule has 19 heavy (non-hydrogen) atoms. The van der Waals surface area contributed by atoms with Crippen LogP contribution in [-0.4, -0.2) is 21.2 Å². The molecule has 0 bridgehead atoms. The largest absolute Gasteiger partial charge is 0.366 e. The van der Waals surface area contributed by atoms with Crippen molar-refractivity contribution in [2.24, 2.45) is 0 Å². The van der Waals surface area contributed by atoms with Crippen molar-refractivity contribution in [2.45, 2.75) is 32.4 Å². The van der Waals surface area contributed by atoms with E-state index in [1.807, 2.05) is 12.1 Å². The summed E-state index contributed by atoms with van der Waals surface area (Å²) < 4.78 is 0. The van der Waals surface area contributed by atoms with E-state index in [0.29, 0.717) is 18.5 Å². The van der Waals surface area contributed by atoms with E-state index < -0.39 is 0 Å². The molecule has 1 saturated carbocycles. The third-order valence-corrected chi connectivity index (χ3v) is 3.19. The van der Waals surface area contributed by atoms with E-state index in [0.717, 1.165) is 5.82 Å². The Balaban J connectivity index is 1.64. The van der Waals surface area contributed by atoms with E-state index in [2.05, 4.69) is 44.9 Å². The molecule has 2 aromatic rings. The van der Waals surface area contributed by atoms with Gasteiger partial charge >= 0.3 is 0 Å². The summed E-state index contributed by atoms with van der Waals surface area (Å²) in [4.78, 5) is 4.40. The van der Waals surface area contributed by atoms with Crippen LogP contribution >= 0.6 is 0 Å². The maximum Gasteiger partial charge on any atom is 0.244 e. The highest BCUT2D eigenvalue weighted by Gasteiger charge is 2.21. The van der Waals surface area contributed by atoms with Gasteiger partial charge in [-0.2, -0.15) is 10.1 Å².